The van der Waals surface area contributed by atoms with Crippen LogP contribution >= 0.6 is 0 Å². The second-order valence-electron chi connectivity index (χ2n) is 4.18. The average Bonchev–Trinajstić information content (AvgIpc) is 2.27. The fraction of sp³-hybridized carbons (Fsp3) is 0.333. The molecule has 0 aliphatic carbocycles. The molecular formula is C12H15NO5S. The number of carboxylic acids is 1. The highest BCUT2D eigenvalue weighted by Crippen LogP contribution is 2.05. The zero-order valence-corrected chi connectivity index (χ0v) is 11.2. The first kappa shape index (κ1) is 15.2. The number of amides is 1. The fourth-order valence-corrected chi connectivity index (χ4v) is 2.07. The second kappa shape index (κ2) is 6.33. The number of carboxylic acid groups (broad SMARTS) is 1. The Balaban J connectivity index is 2.47. The third-order valence-corrected chi connectivity index (χ3v) is 3.09. The molecule has 0 saturated heterocycles. The van der Waals surface area contributed by atoms with Gasteiger partial charge in [-0.3, -0.25) is 4.79 Å². The molecule has 0 unspecified atom stereocenters. The Hall–Kier alpha value is -1.89. The van der Waals surface area contributed by atoms with Crippen LogP contribution in [0.15, 0.2) is 24.3 Å². The lowest BCUT2D eigenvalue weighted by Crippen LogP contribution is -2.31. The average molecular weight is 285 g/mol. The highest BCUT2D eigenvalue weighted by atomic mass is 32.2. The van der Waals surface area contributed by atoms with Crippen LogP contribution in [0.2, 0.25) is 0 Å². The first-order valence-corrected chi connectivity index (χ1v) is 7.60. The van der Waals surface area contributed by atoms with Gasteiger partial charge in [0.1, 0.15) is 5.75 Å². The van der Waals surface area contributed by atoms with E-state index in [2.05, 4.69) is 5.32 Å². The molecular weight excluding hydrogens is 270 g/mol. The molecule has 0 fully saturated rings. The molecule has 1 aromatic carbocycles. The number of aromatic carboxylic acids is 1. The molecule has 0 saturated carbocycles. The van der Waals surface area contributed by atoms with Crippen molar-refractivity contribution < 1.29 is 23.1 Å². The van der Waals surface area contributed by atoms with Crippen molar-refractivity contribution in [1.29, 1.82) is 0 Å². The summed E-state index contributed by atoms with van der Waals surface area (Å²) in [6.45, 7) is 0.261. The molecule has 0 bridgehead atoms. The van der Waals surface area contributed by atoms with Gasteiger partial charge in [0.15, 0.2) is 9.84 Å². The van der Waals surface area contributed by atoms with E-state index < -0.39 is 27.5 Å². The van der Waals surface area contributed by atoms with Gasteiger partial charge in [-0.2, -0.15) is 0 Å². The van der Waals surface area contributed by atoms with Gasteiger partial charge in [0.25, 0.3) is 0 Å². The number of rotatable bonds is 6. The minimum atomic E-state index is -3.33. The molecule has 0 atom stereocenters. The number of hydrogen-bond donors (Lipinski definition) is 2. The van der Waals surface area contributed by atoms with Crippen molar-refractivity contribution in [3.05, 3.63) is 35.4 Å². The lowest BCUT2D eigenvalue weighted by molar-refractivity contribution is -0.118. The third kappa shape index (κ3) is 6.01. The first-order valence-electron chi connectivity index (χ1n) is 5.54. The van der Waals surface area contributed by atoms with Gasteiger partial charge < -0.3 is 10.4 Å². The standard InChI is InChI=1S/C12H15NO5S/c1-19(17,18)8-11(14)13-6-5-9-3-2-4-10(7-9)12(15)16/h2-4,7H,5-6,8H2,1H3,(H,13,14)(H,15,16). The minimum Gasteiger partial charge on any atom is -0.478 e. The predicted octanol–water partition coefficient (Wildman–Crippen LogP) is 0.0881. The Morgan fingerprint density at radius 1 is 1.32 bits per heavy atom. The molecule has 1 amide bonds. The number of carbonyl (C=O) groups is 2. The van der Waals surface area contributed by atoms with Crippen molar-refractivity contribution in [3.8, 4) is 0 Å². The fourth-order valence-electron chi connectivity index (χ4n) is 1.50. The molecule has 0 aromatic heterocycles. The summed E-state index contributed by atoms with van der Waals surface area (Å²) in [5.41, 5.74) is 0.944. The molecule has 0 aliphatic heterocycles. The van der Waals surface area contributed by atoms with Gasteiger partial charge in [-0.25, -0.2) is 13.2 Å². The molecule has 1 aromatic rings. The van der Waals surface area contributed by atoms with Gasteiger partial charge in [-0.15, -0.1) is 0 Å². The second-order valence-corrected chi connectivity index (χ2v) is 6.32. The van der Waals surface area contributed by atoms with Gasteiger partial charge in [0, 0.05) is 12.8 Å². The SMILES string of the molecule is CS(=O)(=O)CC(=O)NCCc1cccc(C(=O)O)c1. The van der Waals surface area contributed by atoms with Crippen LogP contribution in [0.25, 0.3) is 0 Å². The first-order chi connectivity index (χ1) is 8.78. The van der Waals surface area contributed by atoms with E-state index in [1.807, 2.05) is 0 Å². The maximum atomic E-state index is 11.2. The molecule has 1 rings (SSSR count). The Kier molecular flexibility index (Phi) is 5.05. The Bertz CT molecular complexity index is 580. The van der Waals surface area contributed by atoms with E-state index in [0.29, 0.717) is 6.42 Å². The van der Waals surface area contributed by atoms with E-state index in [-0.39, 0.29) is 12.1 Å². The summed E-state index contributed by atoms with van der Waals surface area (Å²) >= 11 is 0. The Labute approximate surface area is 111 Å². The molecule has 7 heteroatoms. The van der Waals surface area contributed by atoms with Gasteiger partial charge in [-0.1, -0.05) is 12.1 Å². The van der Waals surface area contributed by atoms with Crippen molar-refractivity contribution >= 4 is 21.7 Å². The maximum absolute atomic E-state index is 11.2. The zero-order chi connectivity index (χ0) is 14.5. The van der Waals surface area contributed by atoms with Crippen LogP contribution < -0.4 is 5.32 Å². The van der Waals surface area contributed by atoms with Crippen molar-refractivity contribution in [2.75, 3.05) is 18.6 Å². The van der Waals surface area contributed by atoms with E-state index >= 15 is 0 Å². The Morgan fingerprint density at radius 2 is 2.00 bits per heavy atom. The van der Waals surface area contributed by atoms with Crippen molar-refractivity contribution in [3.63, 3.8) is 0 Å². The quantitative estimate of drug-likeness (QED) is 0.771. The molecule has 2 N–H and O–H groups in total. The van der Waals surface area contributed by atoms with Crippen LogP contribution in [0.3, 0.4) is 0 Å². The summed E-state index contributed by atoms with van der Waals surface area (Å²) in [4.78, 5) is 22.0. The third-order valence-electron chi connectivity index (χ3n) is 2.30. The summed E-state index contributed by atoms with van der Waals surface area (Å²) in [6, 6.07) is 6.37. The highest BCUT2D eigenvalue weighted by molar-refractivity contribution is 7.91. The van der Waals surface area contributed by atoms with E-state index in [1.54, 1.807) is 12.1 Å². The van der Waals surface area contributed by atoms with Crippen LogP contribution in [-0.4, -0.2) is 44.0 Å². The summed E-state index contributed by atoms with van der Waals surface area (Å²) in [5.74, 6) is -2.11. The number of benzene rings is 1. The monoisotopic (exact) mass is 285 g/mol. The summed E-state index contributed by atoms with van der Waals surface area (Å²) < 4.78 is 21.7. The van der Waals surface area contributed by atoms with E-state index in [0.717, 1.165) is 11.8 Å². The molecule has 0 aliphatic rings. The van der Waals surface area contributed by atoms with Gasteiger partial charge in [-0.05, 0) is 24.1 Å². The number of sulfone groups is 1. The maximum Gasteiger partial charge on any atom is 0.335 e. The van der Waals surface area contributed by atoms with Crippen molar-refractivity contribution in [1.82, 2.24) is 5.32 Å². The summed E-state index contributed by atoms with van der Waals surface area (Å²) in [5, 5.41) is 11.3. The summed E-state index contributed by atoms with van der Waals surface area (Å²) in [6.07, 6.45) is 1.43. The smallest absolute Gasteiger partial charge is 0.335 e. The van der Waals surface area contributed by atoms with Gasteiger partial charge in [0.05, 0.1) is 5.56 Å². The van der Waals surface area contributed by atoms with Gasteiger partial charge >= 0.3 is 5.97 Å². The molecule has 0 radical (unpaired) electrons. The molecule has 6 nitrogen and oxygen atoms in total. The number of nitrogens with one attached hydrogen (secondary N) is 1. The van der Waals surface area contributed by atoms with Crippen LogP contribution in [0.1, 0.15) is 15.9 Å². The lowest BCUT2D eigenvalue weighted by Gasteiger charge is -2.05. The number of hydrogen-bond acceptors (Lipinski definition) is 4. The van der Waals surface area contributed by atoms with E-state index in [4.69, 9.17) is 5.11 Å². The molecule has 0 heterocycles. The van der Waals surface area contributed by atoms with Crippen LogP contribution in [0, 0.1) is 0 Å². The van der Waals surface area contributed by atoms with Gasteiger partial charge in [0.2, 0.25) is 5.91 Å². The Morgan fingerprint density at radius 3 is 2.58 bits per heavy atom. The minimum absolute atomic E-state index is 0.181. The molecule has 104 valence electrons. The summed E-state index contributed by atoms with van der Waals surface area (Å²) in [7, 11) is -3.33. The van der Waals surface area contributed by atoms with Crippen LogP contribution in [0.5, 0.6) is 0 Å². The zero-order valence-electron chi connectivity index (χ0n) is 10.4. The largest absolute Gasteiger partial charge is 0.478 e. The van der Waals surface area contributed by atoms with Crippen LogP contribution in [0.4, 0.5) is 0 Å². The normalized spacial score (nSPS) is 11.0. The van der Waals surface area contributed by atoms with Crippen molar-refractivity contribution in [2.45, 2.75) is 6.42 Å². The molecule has 19 heavy (non-hydrogen) atoms. The van der Waals surface area contributed by atoms with Crippen LogP contribution in [-0.2, 0) is 21.1 Å². The van der Waals surface area contributed by atoms with E-state index in [9.17, 15) is 18.0 Å². The van der Waals surface area contributed by atoms with E-state index in [1.165, 1.54) is 12.1 Å². The number of carbonyl (C=O) groups excluding carboxylic acids is 1. The topological polar surface area (TPSA) is 101 Å². The predicted molar refractivity (Wildman–Crippen MR) is 69.8 cm³/mol. The van der Waals surface area contributed by atoms with Crippen molar-refractivity contribution in [2.24, 2.45) is 0 Å². The molecule has 0 spiro atoms. The lowest BCUT2D eigenvalue weighted by atomic mass is 10.1. The highest BCUT2D eigenvalue weighted by Gasteiger charge is 2.10.